The zero-order valence-electron chi connectivity index (χ0n) is 29.2. The van der Waals surface area contributed by atoms with Gasteiger partial charge in [-0.15, -0.1) is 0 Å². The van der Waals surface area contributed by atoms with Crippen LogP contribution >= 0.6 is 11.8 Å². The fourth-order valence-corrected chi connectivity index (χ4v) is 5.82. The van der Waals surface area contributed by atoms with Gasteiger partial charge < -0.3 is 34.9 Å². The van der Waals surface area contributed by atoms with Crippen LogP contribution in [0.2, 0.25) is 0 Å². The molecule has 4 rings (SSSR count). The van der Waals surface area contributed by atoms with E-state index in [-0.39, 0.29) is 18.0 Å². The van der Waals surface area contributed by atoms with Crippen molar-refractivity contribution < 1.29 is 42.1 Å². The number of aliphatic hydroxyl groups excluding tert-OH is 1. The summed E-state index contributed by atoms with van der Waals surface area (Å²) in [7, 11) is 4.23. The number of carbonyl (C=O) groups is 3. The summed E-state index contributed by atoms with van der Waals surface area (Å²) in [6, 6.07) is 20.6. The summed E-state index contributed by atoms with van der Waals surface area (Å²) in [5, 5.41) is 12.7. The van der Waals surface area contributed by atoms with Crippen molar-refractivity contribution in [2.24, 2.45) is 0 Å². The largest absolute Gasteiger partial charge is 0.416 e. The molecule has 1 aromatic heterocycles. The van der Waals surface area contributed by atoms with Crippen LogP contribution in [0, 0.1) is 0 Å². The third-order valence-electron chi connectivity index (χ3n) is 7.59. The number of pyridine rings is 1. The normalized spacial score (nSPS) is 10.9. The zero-order valence-corrected chi connectivity index (χ0v) is 30.1. The molecular weight excluding hydrogens is 698 g/mol. The van der Waals surface area contributed by atoms with Gasteiger partial charge in [-0.3, -0.25) is 14.6 Å². The lowest BCUT2D eigenvalue weighted by Gasteiger charge is -2.25. The molecule has 0 fully saturated rings. The molecule has 3 aromatic carbocycles. The molecule has 0 spiro atoms. The molecule has 0 bridgehead atoms. The molecule has 0 saturated carbocycles. The number of ether oxygens (including phenoxy) is 2. The molecule has 278 valence electrons. The second-order valence-corrected chi connectivity index (χ2v) is 12.3. The van der Waals surface area contributed by atoms with Crippen LogP contribution < -0.4 is 15.5 Å². The monoisotopic (exact) mass is 740 g/mol. The van der Waals surface area contributed by atoms with Crippen molar-refractivity contribution in [3.05, 3.63) is 113 Å². The number of carbonyl (C=O) groups excluding carboxylic acids is 3. The van der Waals surface area contributed by atoms with E-state index >= 15 is 0 Å². The maximum atomic E-state index is 13.5. The van der Waals surface area contributed by atoms with E-state index < -0.39 is 17.6 Å². The average molecular weight is 741 g/mol. The molecular formula is C38H43F3N4O6S. The number of rotatable bonds is 18. The number of nitrogens with zero attached hydrogens (tertiary/aromatic N) is 2. The SMILES string of the molecule is CO.COCCN(CCOC)c1ccc(NC(=O)c2cccc(CSCCC=O)c2)c(-c2cc(C(=O)NCc3cccc(C(F)(F)F)c3)ccn2)c1. The number of hydrogen-bond donors (Lipinski definition) is 3. The van der Waals surface area contributed by atoms with Crippen LogP contribution in [0.1, 0.15) is 43.8 Å². The quantitative estimate of drug-likeness (QED) is 0.0776. The number of anilines is 2. The molecule has 2 amide bonds. The molecule has 0 radical (unpaired) electrons. The molecule has 0 saturated heterocycles. The number of aromatic nitrogens is 1. The lowest BCUT2D eigenvalue weighted by Crippen LogP contribution is -2.30. The Morgan fingerprint density at radius 3 is 2.27 bits per heavy atom. The van der Waals surface area contributed by atoms with Crippen molar-refractivity contribution in [2.45, 2.75) is 24.9 Å². The highest BCUT2D eigenvalue weighted by Gasteiger charge is 2.30. The minimum Gasteiger partial charge on any atom is -0.400 e. The van der Waals surface area contributed by atoms with Gasteiger partial charge in [-0.2, -0.15) is 24.9 Å². The van der Waals surface area contributed by atoms with E-state index in [2.05, 4.69) is 20.5 Å². The van der Waals surface area contributed by atoms with Gasteiger partial charge in [-0.05, 0) is 65.7 Å². The highest BCUT2D eigenvalue weighted by Crippen LogP contribution is 2.33. The molecule has 3 N–H and O–H groups in total. The minimum absolute atomic E-state index is 0.111. The second kappa shape index (κ2) is 21.6. The number of aliphatic hydroxyl groups is 1. The Hall–Kier alpha value is -4.76. The Labute approximate surface area is 305 Å². The van der Waals surface area contributed by atoms with Gasteiger partial charge >= 0.3 is 6.18 Å². The molecule has 10 nitrogen and oxygen atoms in total. The molecule has 0 aliphatic carbocycles. The molecule has 14 heteroatoms. The number of methoxy groups -OCH3 is 2. The average Bonchev–Trinajstić information content (AvgIpc) is 3.16. The molecule has 0 atom stereocenters. The Morgan fingerprint density at radius 1 is 0.885 bits per heavy atom. The first-order valence-electron chi connectivity index (χ1n) is 16.3. The highest BCUT2D eigenvalue weighted by atomic mass is 32.2. The van der Waals surface area contributed by atoms with Gasteiger partial charge in [0, 0.05) is 87.5 Å². The number of aldehydes is 1. The number of amides is 2. The molecule has 0 aliphatic heterocycles. The van der Waals surface area contributed by atoms with Crippen LogP contribution in [-0.4, -0.2) is 81.6 Å². The Bertz CT molecular complexity index is 1750. The first-order chi connectivity index (χ1) is 25.1. The number of benzene rings is 3. The van der Waals surface area contributed by atoms with Crippen molar-refractivity contribution in [2.75, 3.05) is 63.6 Å². The van der Waals surface area contributed by atoms with Crippen LogP contribution in [0.5, 0.6) is 0 Å². The Balaban J connectivity index is 0.00000358. The first-order valence-corrected chi connectivity index (χ1v) is 17.4. The smallest absolute Gasteiger partial charge is 0.400 e. The predicted molar refractivity (Wildman–Crippen MR) is 198 cm³/mol. The van der Waals surface area contributed by atoms with Gasteiger partial charge in [0.1, 0.15) is 6.29 Å². The van der Waals surface area contributed by atoms with Gasteiger partial charge in [0.2, 0.25) is 0 Å². The van der Waals surface area contributed by atoms with E-state index in [0.29, 0.717) is 72.3 Å². The Morgan fingerprint density at radius 2 is 1.58 bits per heavy atom. The number of halogens is 3. The van der Waals surface area contributed by atoms with E-state index in [0.717, 1.165) is 36.8 Å². The van der Waals surface area contributed by atoms with Crippen molar-refractivity contribution in [3.8, 4) is 11.3 Å². The summed E-state index contributed by atoms with van der Waals surface area (Å²) in [5.74, 6) is 0.499. The van der Waals surface area contributed by atoms with Crippen LogP contribution in [0.25, 0.3) is 11.3 Å². The standard InChI is InChI=1S/C37H39F3N4O5S.CH4O/c1-48-17-14-44(15-18-49-2)31-10-11-33(43-36(47)28-8-3-7-27(20-28)25-50-19-5-16-45)32(23-31)34-22-29(12-13-41-34)35(46)42-24-26-6-4-9-30(21-26)37(38,39)40;1-2/h3-4,6-13,16,20-23H,5,14-15,17-19,24-25H2,1-2H3,(H,42,46)(H,43,47);2H,1H3. The third-order valence-corrected chi connectivity index (χ3v) is 8.65. The van der Waals surface area contributed by atoms with Gasteiger partial charge in [0.15, 0.2) is 0 Å². The maximum absolute atomic E-state index is 13.5. The lowest BCUT2D eigenvalue weighted by atomic mass is 10.0. The molecule has 52 heavy (non-hydrogen) atoms. The van der Waals surface area contributed by atoms with Gasteiger partial charge in [0.05, 0.1) is 30.2 Å². The summed E-state index contributed by atoms with van der Waals surface area (Å²) in [5.41, 5.74) is 3.34. The molecule has 0 aliphatic rings. The number of hydrogen-bond acceptors (Lipinski definition) is 9. The summed E-state index contributed by atoms with van der Waals surface area (Å²) in [4.78, 5) is 44.0. The topological polar surface area (TPSA) is 130 Å². The number of nitrogens with one attached hydrogen (secondary N) is 2. The summed E-state index contributed by atoms with van der Waals surface area (Å²) >= 11 is 1.61. The van der Waals surface area contributed by atoms with Crippen molar-refractivity contribution in [1.82, 2.24) is 10.3 Å². The number of alkyl halides is 3. The van der Waals surface area contributed by atoms with Crippen molar-refractivity contribution in [3.63, 3.8) is 0 Å². The van der Waals surface area contributed by atoms with E-state index in [9.17, 15) is 27.6 Å². The van der Waals surface area contributed by atoms with Gasteiger partial charge in [-0.25, -0.2) is 0 Å². The van der Waals surface area contributed by atoms with Crippen molar-refractivity contribution >= 4 is 41.2 Å². The van der Waals surface area contributed by atoms with E-state index in [1.807, 2.05) is 24.3 Å². The molecule has 4 aromatic rings. The van der Waals surface area contributed by atoms with E-state index in [1.54, 1.807) is 50.2 Å². The predicted octanol–water partition coefficient (Wildman–Crippen LogP) is 6.48. The van der Waals surface area contributed by atoms with E-state index in [1.165, 1.54) is 24.4 Å². The first kappa shape index (κ1) is 41.7. The Kier molecular flexibility index (Phi) is 17.3. The third kappa shape index (κ3) is 12.8. The summed E-state index contributed by atoms with van der Waals surface area (Å²) < 4.78 is 50.2. The fourth-order valence-electron chi connectivity index (χ4n) is 5.00. The summed E-state index contributed by atoms with van der Waals surface area (Å²) in [6.45, 7) is 1.93. The van der Waals surface area contributed by atoms with Crippen LogP contribution in [0.15, 0.2) is 85.1 Å². The van der Waals surface area contributed by atoms with Crippen molar-refractivity contribution in [1.29, 1.82) is 0 Å². The molecule has 1 heterocycles. The minimum atomic E-state index is -4.50. The summed E-state index contributed by atoms with van der Waals surface area (Å²) in [6.07, 6.45) is -1.69. The highest BCUT2D eigenvalue weighted by molar-refractivity contribution is 7.98. The number of thioether (sulfide) groups is 1. The van der Waals surface area contributed by atoms with Crippen LogP contribution in [-0.2, 0) is 32.7 Å². The fraction of sp³-hybridized carbons (Fsp3) is 0.316. The second-order valence-electron chi connectivity index (χ2n) is 11.2. The zero-order chi connectivity index (χ0) is 37.9. The lowest BCUT2D eigenvalue weighted by molar-refractivity contribution is -0.137. The van der Waals surface area contributed by atoms with Crippen LogP contribution in [0.4, 0.5) is 24.5 Å². The van der Waals surface area contributed by atoms with Crippen LogP contribution in [0.3, 0.4) is 0 Å². The van der Waals surface area contributed by atoms with Gasteiger partial charge in [0.25, 0.3) is 11.8 Å². The van der Waals surface area contributed by atoms with E-state index in [4.69, 9.17) is 14.6 Å². The maximum Gasteiger partial charge on any atom is 0.416 e. The molecule has 0 unspecified atom stereocenters. The van der Waals surface area contributed by atoms with Gasteiger partial charge in [-0.1, -0.05) is 24.3 Å².